The minimum atomic E-state index is 0.233. The minimum Gasteiger partial charge on any atom is -0.387 e. The van der Waals surface area contributed by atoms with Crippen LogP contribution in [0, 0.1) is 0 Å². The Balaban J connectivity index is 2.13. The molecule has 2 N–H and O–H groups in total. The average molecular weight is 306 g/mol. The summed E-state index contributed by atoms with van der Waals surface area (Å²) < 4.78 is 1.09. The van der Waals surface area contributed by atoms with Gasteiger partial charge in [0, 0.05) is 17.6 Å². The molecule has 0 saturated heterocycles. The number of hydrogen-bond donors (Lipinski definition) is 2. The van der Waals surface area contributed by atoms with Gasteiger partial charge in [0.1, 0.15) is 0 Å². The molecule has 0 spiro atoms. The summed E-state index contributed by atoms with van der Waals surface area (Å²) >= 11 is 3.49. The van der Waals surface area contributed by atoms with Crippen LogP contribution in [-0.4, -0.2) is 12.0 Å². The third-order valence-electron chi connectivity index (χ3n) is 2.76. The van der Waals surface area contributed by atoms with Crippen LogP contribution in [0.2, 0.25) is 0 Å². The molecule has 1 unspecified atom stereocenters. The molecule has 0 amide bonds. The highest BCUT2D eigenvalue weighted by molar-refractivity contribution is 9.10. The quantitative estimate of drug-likeness (QED) is 0.894. The van der Waals surface area contributed by atoms with E-state index in [1.165, 1.54) is 5.56 Å². The van der Waals surface area contributed by atoms with Crippen LogP contribution in [-0.2, 0) is 0 Å². The van der Waals surface area contributed by atoms with Crippen LogP contribution in [0.15, 0.2) is 47.2 Å². The highest BCUT2D eigenvalue weighted by Crippen LogP contribution is 2.22. The molecular weight excluding hydrogens is 290 g/mol. The molecule has 0 aliphatic carbocycles. The third kappa shape index (κ3) is 3.23. The van der Waals surface area contributed by atoms with Crippen LogP contribution in [0.25, 0.3) is 0 Å². The summed E-state index contributed by atoms with van der Waals surface area (Å²) in [6, 6.07) is 10.6. The molecular formula is C14H16BrN3. The molecule has 0 bridgehead atoms. The number of halogens is 1. The minimum absolute atomic E-state index is 0.233. The molecule has 1 aromatic heterocycles. The molecule has 1 atom stereocenters. The number of rotatable bonds is 4. The zero-order valence-electron chi connectivity index (χ0n) is 10.4. The van der Waals surface area contributed by atoms with Crippen molar-refractivity contribution in [3.63, 3.8) is 0 Å². The van der Waals surface area contributed by atoms with Gasteiger partial charge in [-0.05, 0) is 30.7 Å². The highest BCUT2D eigenvalue weighted by Gasteiger charge is 2.06. The topological polar surface area (TPSA) is 37.0 Å². The van der Waals surface area contributed by atoms with Gasteiger partial charge in [-0.2, -0.15) is 0 Å². The smallest absolute Gasteiger partial charge is 0.0552 e. The summed E-state index contributed by atoms with van der Waals surface area (Å²) in [4.78, 5) is 4.19. The van der Waals surface area contributed by atoms with Gasteiger partial charge < -0.3 is 10.6 Å². The van der Waals surface area contributed by atoms with Gasteiger partial charge in [0.15, 0.2) is 0 Å². The molecule has 0 radical (unpaired) electrons. The standard InChI is InChI=1S/C14H16BrN3/c1-10(11-4-3-5-12(15)6-11)18-14-7-13(16-2)8-17-9-14/h3-10,16,18H,1-2H3. The molecule has 0 aliphatic rings. The van der Waals surface area contributed by atoms with Crippen molar-refractivity contribution in [3.05, 3.63) is 52.8 Å². The van der Waals surface area contributed by atoms with E-state index in [0.717, 1.165) is 15.8 Å². The number of pyridine rings is 1. The van der Waals surface area contributed by atoms with Gasteiger partial charge >= 0.3 is 0 Å². The van der Waals surface area contributed by atoms with E-state index in [0.29, 0.717) is 0 Å². The van der Waals surface area contributed by atoms with Crippen molar-refractivity contribution < 1.29 is 0 Å². The SMILES string of the molecule is CNc1cncc(NC(C)c2cccc(Br)c2)c1. The lowest BCUT2D eigenvalue weighted by molar-refractivity contribution is 0.882. The van der Waals surface area contributed by atoms with E-state index in [-0.39, 0.29) is 6.04 Å². The Hall–Kier alpha value is -1.55. The summed E-state index contributed by atoms with van der Waals surface area (Å²) in [6.07, 6.45) is 3.63. The molecule has 0 aliphatic heterocycles. The maximum Gasteiger partial charge on any atom is 0.0552 e. The lowest BCUT2D eigenvalue weighted by Crippen LogP contribution is -2.07. The molecule has 18 heavy (non-hydrogen) atoms. The Morgan fingerprint density at radius 3 is 2.67 bits per heavy atom. The number of nitrogens with one attached hydrogen (secondary N) is 2. The fourth-order valence-corrected chi connectivity index (χ4v) is 2.18. The molecule has 1 aromatic carbocycles. The van der Waals surface area contributed by atoms with Crippen molar-refractivity contribution in [1.82, 2.24) is 4.98 Å². The van der Waals surface area contributed by atoms with Crippen LogP contribution in [0.5, 0.6) is 0 Å². The van der Waals surface area contributed by atoms with E-state index in [9.17, 15) is 0 Å². The van der Waals surface area contributed by atoms with Crippen molar-refractivity contribution in [2.75, 3.05) is 17.7 Å². The number of aromatic nitrogens is 1. The van der Waals surface area contributed by atoms with Crippen LogP contribution in [0.4, 0.5) is 11.4 Å². The van der Waals surface area contributed by atoms with Gasteiger partial charge in [0.05, 0.1) is 23.8 Å². The van der Waals surface area contributed by atoms with Crippen molar-refractivity contribution >= 4 is 27.3 Å². The largest absolute Gasteiger partial charge is 0.387 e. The zero-order valence-corrected chi connectivity index (χ0v) is 12.0. The number of hydrogen-bond acceptors (Lipinski definition) is 3. The molecule has 2 rings (SSSR count). The van der Waals surface area contributed by atoms with Crippen LogP contribution in [0.1, 0.15) is 18.5 Å². The number of nitrogens with zero attached hydrogens (tertiary/aromatic N) is 1. The van der Waals surface area contributed by atoms with Gasteiger partial charge in [0.2, 0.25) is 0 Å². The van der Waals surface area contributed by atoms with Gasteiger partial charge in [-0.1, -0.05) is 28.1 Å². The van der Waals surface area contributed by atoms with Crippen molar-refractivity contribution in [2.45, 2.75) is 13.0 Å². The van der Waals surface area contributed by atoms with Crippen molar-refractivity contribution in [3.8, 4) is 0 Å². The second-order valence-electron chi connectivity index (χ2n) is 4.13. The molecule has 3 nitrogen and oxygen atoms in total. The van der Waals surface area contributed by atoms with E-state index in [1.807, 2.05) is 31.4 Å². The maximum absolute atomic E-state index is 4.19. The summed E-state index contributed by atoms with van der Waals surface area (Å²) in [5.41, 5.74) is 3.25. The van der Waals surface area contributed by atoms with Crippen LogP contribution < -0.4 is 10.6 Å². The van der Waals surface area contributed by atoms with Gasteiger partial charge in [-0.3, -0.25) is 4.98 Å². The number of benzene rings is 1. The summed E-state index contributed by atoms with van der Waals surface area (Å²) in [5, 5.41) is 6.52. The predicted molar refractivity (Wildman–Crippen MR) is 80.0 cm³/mol. The first kappa shape index (κ1) is 12.9. The van der Waals surface area contributed by atoms with Crippen molar-refractivity contribution in [1.29, 1.82) is 0 Å². The Morgan fingerprint density at radius 1 is 1.17 bits per heavy atom. The number of anilines is 2. The lowest BCUT2D eigenvalue weighted by atomic mass is 10.1. The monoisotopic (exact) mass is 305 g/mol. The summed E-state index contributed by atoms with van der Waals surface area (Å²) in [7, 11) is 1.89. The lowest BCUT2D eigenvalue weighted by Gasteiger charge is -2.16. The Kier molecular flexibility index (Phi) is 4.20. The van der Waals surface area contributed by atoms with Crippen LogP contribution in [0.3, 0.4) is 0 Å². The molecule has 4 heteroatoms. The van der Waals surface area contributed by atoms with E-state index in [4.69, 9.17) is 0 Å². The normalized spacial score (nSPS) is 11.9. The molecule has 0 saturated carbocycles. The second kappa shape index (κ2) is 5.87. The first-order chi connectivity index (χ1) is 8.69. The fourth-order valence-electron chi connectivity index (χ4n) is 1.76. The first-order valence-electron chi connectivity index (χ1n) is 5.84. The Labute approximate surface area is 116 Å². The molecule has 0 fully saturated rings. The second-order valence-corrected chi connectivity index (χ2v) is 5.05. The highest BCUT2D eigenvalue weighted by atomic mass is 79.9. The third-order valence-corrected chi connectivity index (χ3v) is 3.25. The molecule has 94 valence electrons. The maximum atomic E-state index is 4.19. The Bertz CT molecular complexity index is 528. The van der Waals surface area contributed by atoms with Gasteiger partial charge in [-0.25, -0.2) is 0 Å². The van der Waals surface area contributed by atoms with Crippen LogP contribution >= 0.6 is 15.9 Å². The first-order valence-corrected chi connectivity index (χ1v) is 6.63. The average Bonchev–Trinajstić information content (AvgIpc) is 2.39. The summed E-state index contributed by atoms with van der Waals surface area (Å²) in [5.74, 6) is 0. The van der Waals surface area contributed by atoms with Gasteiger partial charge in [-0.15, -0.1) is 0 Å². The molecule has 1 heterocycles. The van der Waals surface area contributed by atoms with E-state index in [1.54, 1.807) is 6.20 Å². The Morgan fingerprint density at radius 2 is 1.94 bits per heavy atom. The fraction of sp³-hybridized carbons (Fsp3) is 0.214. The zero-order chi connectivity index (χ0) is 13.0. The van der Waals surface area contributed by atoms with E-state index >= 15 is 0 Å². The summed E-state index contributed by atoms with van der Waals surface area (Å²) in [6.45, 7) is 2.13. The predicted octanol–water partition coefficient (Wildman–Crippen LogP) is 4.06. The van der Waals surface area contributed by atoms with Gasteiger partial charge in [0.25, 0.3) is 0 Å². The molecule has 2 aromatic rings. The van der Waals surface area contributed by atoms with E-state index < -0.39 is 0 Å². The van der Waals surface area contributed by atoms with E-state index in [2.05, 4.69) is 50.6 Å². The van der Waals surface area contributed by atoms with Crippen molar-refractivity contribution in [2.24, 2.45) is 0 Å².